The van der Waals surface area contributed by atoms with Gasteiger partial charge < -0.3 is 14.2 Å². The third-order valence-electron chi connectivity index (χ3n) is 4.97. The molecule has 1 aromatic carbocycles. The molecule has 1 aliphatic rings. The molecule has 3 aromatic rings. The summed E-state index contributed by atoms with van der Waals surface area (Å²) in [6.45, 7) is 2.19. The number of ether oxygens (including phenoxy) is 3. The monoisotopic (exact) mass is 470 g/mol. The number of carbonyl (C=O) groups is 1. The van der Waals surface area contributed by atoms with Crippen LogP contribution in [0, 0.1) is 0 Å². The minimum absolute atomic E-state index is 0.129. The van der Waals surface area contributed by atoms with Crippen LogP contribution in [0.4, 0.5) is 0 Å². The number of aromatic nitrogens is 1. The summed E-state index contributed by atoms with van der Waals surface area (Å²) in [6.07, 6.45) is 1.81. The highest BCUT2D eigenvalue weighted by atomic mass is 32.1. The number of esters is 1. The van der Waals surface area contributed by atoms with Crippen LogP contribution in [0.5, 0.6) is 5.75 Å². The SMILES string of the molecule is COCCOC(=O)C1=C(C)N=c2sc(=Cc3cccc(OC)c3)c(=O)n2C1c1cccs1. The Morgan fingerprint density at radius 1 is 1.22 bits per heavy atom. The molecule has 0 saturated carbocycles. The average Bonchev–Trinajstić information content (AvgIpc) is 3.42. The third kappa shape index (κ3) is 4.32. The molecule has 0 fully saturated rings. The van der Waals surface area contributed by atoms with E-state index in [-0.39, 0.29) is 12.2 Å². The number of hydrogen-bond donors (Lipinski definition) is 0. The molecule has 3 heterocycles. The lowest BCUT2D eigenvalue weighted by Crippen LogP contribution is -2.39. The topological polar surface area (TPSA) is 79.1 Å². The molecule has 0 radical (unpaired) electrons. The van der Waals surface area contributed by atoms with Gasteiger partial charge in [-0.25, -0.2) is 9.79 Å². The molecule has 1 unspecified atom stereocenters. The minimum Gasteiger partial charge on any atom is -0.497 e. The van der Waals surface area contributed by atoms with Crippen LogP contribution in [0.1, 0.15) is 23.4 Å². The number of hydrogen-bond acceptors (Lipinski definition) is 8. The molecule has 9 heteroatoms. The first-order valence-corrected chi connectivity index (χ1v) is 11.6. The number of thiazole rings is 1. The van der Waals surface area contributed by atoms with E-state index in [2.05, 4.69) is 4.99 Å². The molecular weight excluding hydrogens is 448 g/mol. The van der Waals surface area contributed by atoms with Crippen molar-refractivity contribution in [3.05, 3.63) is 83.2 Å². The molecule has 0 bridgehead atoms. The second kappa shape index (κ2) is 9.64. The maximum Gasteiger partial charge on any atom is 0.338 e. The van der Waals surface area contributed by atoms with Gasteiger partial charge >= 0.3 is 5.97 Å². The van der Waals surface area contributed by atoms with Crippen molar-refractivity contribution in [3.63, 3.8) is 0 Å². The van der Waals surface area contributed by atoms with Crippen LogP contribution in [0.15, 0.2) is 62.8 Å². The van der Waals surface area contributed by atoms with E-state index in [1.54, 1.807) is 25.7 Å². The minimum atomic E-state index is -0.589. The quantitative estimate of drug-likeness (QED) is 0.392. The van der Waals surface area contributed by atoms with Gasteiger partial charge in [0.2, 0.25) is 0 Å². The van der Waals surface area contributed by atoms with Gasteiger partial charge in [0.1, 0.15) is 18.4 Å². The largest absolute Gasteiger partial charge is 0.497 e. The third-order valence-corrected chi connectivity index (χ3v) is 6.87. The fraction of sp³-hybridized carbons (Fsp3) is 0.261. The van der Waals surface area contributed by atoms with E-state index < -0.39 is 12.0 Å². The number of methoxy groups -OCH3 is 2. The van der Waals surface area contributed by atoms with E-state index in [1.807, 2.05) is 47.9 Å². The summed E-state index contributed by atoms with van der Waals surface area (Å²) in [7, 11) is 3.14. The number of carbonyl (C=O) groups excluding carboxylic acids is 1. The van der Waals surface area contributed by atoms with E-state index in [4.69, 9.17) is 14.2 Å². The van der Waals surface area contributed by atoms with E-state index in [1.165, 1.54) is 22.7 Å². The number of benzene rings is 1. The van der Waals surface area contributed by atoms with Crippen molar-refractivity contribution >= 4 is 34.7 Å². The van der Waals surface area contributed by atoms with E-state index >= 15 is 0 Å². The fourth-order valence-corrected chi connectivity index (χ4v) is 5.35. The lowest BCUT2D eigenvalue weighted by molar-refractivity contribution is -0.140. The van der Waals surface area contributed by atoms with Crippen molar-refractivity contribution in [1.29, 1.82) is 0 Å². The highest BCUT2D eigenvalue weighted by Crippen LogP contribution is 2.33. The molecule has 0 saturated heterocycles. The van der Waals surface area contributed by atoms with Gasteiger partial charge in [0.05, 0.1) is 29.5 Å². The molecule has 166 valence electrons. The number of allylic oxidation sites excluding steroid dienone is 1. The van der Waals surface area contributed by atoms with Crippen LogP contribution in [0.3, 0.4) is 0 Å². The fourth-order valence-electron chi connectivity index (χ4n) is 3.48. The molecule has 7 nitrogen and oxygen atoms in total. The lowest BCUT2D eigenvalue weighted by atomic mass is 10.0. The van der Waals surface area contributed by atoms with Crippen LogP contribution < -0.4 is 19.6 Å². The molecule has 0 N–H and O–H groups in total. The van der Waals surface area contributed by atoms with Gasteiger partial charge in [0.15, 0.2) is 4.80 Å². The molecule has 4 rings (SSSR count). The Labute approximate surface area is 192 Å². The molecule has 0 aliphatic carbocycles. The van der Waals surface area contributed by atoms with Gasteiger partial charge in [-0.15, -0.1) is 11.3 Å². The maximum absolute atomic E-state index is 13.5. The van der Waals surface area contributed by atoms with Gasteiger partial charge in [-0.05, 0) is 42.1 Å². The molecule has 0 amide bonds. The molecule has 1 aliphatic heterocycles. The number of fused-ring (bicyclic) bond motifs is 1. The highest BCUT2D eigenvalue weighted by Gasteiger charge is 2.34. The van der Waals surface area contributed by atoms with Crippen LogP contribution in [-0.4, -0.2) is 38.0 Å². The van der Waals surface area contributed by atoms with Crippen LogP contribution in [0.2, 0.25) is 0 Å². The Morgan fingerprint density at radius 2 is 2.06 bits per heavy atom. The van der Waals surface area contributed by atoms with Gasteiger partial charge in [-0.2, -0.15) is 0 Å². The van der Waals surface area contributed by atoms with Crippen molar-refractivity contribution in [2.24, 2.45) is 4.99 Å². The molecule has 32 heavy (non-hydrogen) atoms. The Hall–Kier alpha value is -3.01. The predicted octanol–water partition coefficient (Wildman–Crippen LogP) is 2.49. The zero-order valence-corrected chi connectivity index (χ0v) is 19.5. The van der Waals surface area contributed by atoms with Crippen molar-refractivity contribution in [2.75, 3.05) is 27.4 Å². The number of rotatable bonds is 7. The Balaban J connectivity index is 1.84. The smallest absolute Gasteiger partial charge is 0.338 e. The normalized spacial score (nSPS) is 16.0. The summed E-state index contributed by atoms with van der Waals surface area (Å²) in [5.74, 6) is 0.212. The average molecular weight is 471 g/mol. The van der Waals surface area contributed by atoms with Gasteiger partial charge in [-0.1, -0.05) is 29.5 Å². The molecular formula is C23H22N2O5S2. The van der Waals surface area contributed by atoms with Crippen LogP contribution in [0.25, 0.3) is 6.08 Å². The highest BCUT2D eigenvalue weighted by molar-refractivity contribution is 7.10. The second-order valence-corrected chi connectivity index (χ2v) is 8.99. The number of nitrogens with zero attached hydrogens (tertiary/aromatic N) is 2. The van der Waals surface area contributed by atoms with Gasteiger partial charge in [0.25, 0.3) is 5.56 Å². The molecule has 0 spiro atoms. The predicted molar refractivity (Wildman–Crippen MR) is 124 cm³/mol. The first kappa shape index (κ1) is 22.2. The Kier molecular flexibility index (Phi) is 6.69. The van der Waals surface area contributed by atoms with Gasteiger partial charge in [-0.3, -0.25) is 9.36 Å². The first-order valence-electron chi connectivity index (χ1n) is 9.89. The second-order valence-electron chi connectivity index (χ2n) is 7.00. The summed E-state index contributed by atoms with van der Waals surface area (Å²) in [4.78, 5) is 32.4. The maximum atomic E-state index is 13.5. The zero-order chi connectivity index (χ0) is 22.7. The zero-order valence-electron chi connectivity index (χ0n) is 17.9. The van der Waals surface area contributed by atoms with Crippen LogP contribution >= 0.6 is 22.7 Å². The number of thiophene rings is 1. The summed E-state index contributed by atoms with van der Waals surface area (Å²) < 4.78 is 17.8. The summed E-state index contributed by atoms with van der Waals surface area (Å²) in [6, 6.07) is 10.7. The summed E-state index contributed by atoms with van der Waals surface area (Å²) in [5, 5.41) is 1.92. The first-order chi connectivity index (χ1) is 15.5. The van der Waals surface area contributed by atoms with Gasteiger partial charge in [0, 0.05) is 12.0 Å². The summed E-state index contributed by atoms with van der Waals surface area (Å²) in [5.41, 5.74) is 1.55. The van der Waals surface area contributed by atoms with Crippen LogP contribution in [-0.2, 0) is 14.3 Å². The van der Waals surface area contributed by atoms with E-state index in [9.17, 15) is 9.59 Å². The van der Waals surface area contributed by atoms with E-state index in [0.717, 1.165) is 10.4 Å². The van der Waals surface area contributed by atoms with Crippen molar-refractivity contribution in [3.8, 4) is 5.75 Å². The molecule has 2 aromatic heterocycles. The Morgan fingerprint density at radius 3 is 2.78 bits per heavy atom. The lowest BCUT2D eigenvalue weighted by Gasteiger charge is -2.23. The van der Waals surface area contributed by atoms with E-state index in [0.29, 0.717) is 33.0 Å². The molecule has 1 atom stereocenters. The van der Waals surface area contributed by atoms with Crippen molar-refractivity contribution in [1.82, 2.24) is 4.57 Å². The Bertz CT molecular complexity index is 1340. The summed E-state index contributed by atoms with van der Waals surface area (Å²) >= 11 is 2.78. The van der Waals surface area contributed by atoms with Crippen molar-refractivity contribution < 1.29 is 19.0 Å². The standard InChI is InChI=1S/C23H22N2O5S2/c1-14-19(22(27)30-10-9-28-2)20(17-8-5-11-31-17)25-21(26)18(32-23(25)24-14)13-15-6-4-7-16(12-15)29-3/h4-8,11-13,20H,9-10H2,1-3H3. The van der Waals surface area contributed by atoms with Crippen molar-refractivity contribution in [2.45, 2.75) is 13.0 Å².